The molecule has 0 bridgehead atoms. The normalized spacial score (nSPS) is 11.6. The summed E-state index contributed by atoms with van der Waals surface area (Å²) in [5, 5.41) is 6.89. The summed E-state index contributed by atoms with van der Waals surface area (Å²) in [6, 6.07) is 5.39. The molecule has 3 aromatic heterocycles. The number of halogens is 3. The van der Waals surface area contributed by atoms with Gasteiger partial charge in [0, 0.05) is 12.3 Å². The number of ether oxygens (including phenoxy) is 1. The number of aromatic nitrogens is 4. The van der Waals surface area contributed by atoms with Crippen LogP contribution in [0.4, 0.5) is 18.9 Å². The largest absolute Gasteiger partial charge is 0.481 e. The summed E-state index contributed by atoms with van der Waals surface area (Å²) in [4.78, 5) is 20.6. The van der Waals surface area contributed by atoms with Crippen LogP contribution >= 0.6 is 0 Å². The van der Waals surface area contributed by atoms with Crippen molar-refractivity contribution in [2.24, 2.45) is 0 Å². The number of anilines is 1. The molecule has 1 amide bonds. The van der Waals surface area contributed by atoms with E-state index in [4.69, 9.17) is 4.74 Å². The van der Waals surface area contributed by atoms with E-state index in [9.17, 15) is 18.0 Å². The average Bonchev–Trinajstić information content (AvgIpc) is 3.13. The number of methoxy groups -OCH3 is 1. The van der Waals surface area contributed by atoms with Crippen LogP contribution in [-0.4, -0.2) is 32.8 Å². The lowest BCUT2D eigenvalue weighted by Gasteiger charge is -2.13. The van der Waals surface area contributed by atoms with E-state index in [-0.39, 0.29) is 17.3 Å². The van der Waals surface area contributed by atoms with Crippen molar-refractivity contribution in [2.75, 3.05) is 12.4 Å². The van der Waals surface area contributed by atoms with Crippen molar-refractivity contribution in [3.8, 4) is 11.7 Å². The minimum atomic E-state index is -4.48. The molecule has 0 aliphatic rings. The van der Waals surface area contributed by atoms with Gasteiger partial charge in [-0.05, 0) is 24.1 Å². The minimum absolute atomic E-state index is 0.142. The summed E-state index contributed by atoms with van der Waals surface area (Å²) < 4.78 is 44.6. The summed E-state index contributed by atoms with van der Waals surface area (Å²) in [7, 11) is 1.49. The van der Waals surface area contributed by atoms with E-state index in [1.165, 1.54) is 30.3 Å². The van der Waals surface area contributed by atoms with Gasteiger partial charge >= 0.3 is 6.18 Å². The molecular weight excluding hydrogens is 387 g/mol. The Kier molecular flexibility index (Phi) is 5.53. The average molecular weight is 405 g/mol. The summed E-state index contributed by atoms with van der Waals surface area (Å²) in [6.45, 7) is 3.70. The lowest BCUT2D eigenvalue weighted by atomic mass is 10.1. The molecule has 0 atom stereocenters. The van der Waals surface area contributed by atoms with Crippen LogP contribution in [-0.2, 0) is 6.18 Å². The summed E-state index contributed by atoms with van der Waals surface area (Å²) in [5.41, 5.74) is 0.420. The maximum atomic E-state index is 12.8. The molecular formula is C19H18F3N5O2. The molecule has 10 heteroatoms. The van der Waals surface area contributed by atoms with Crippen LogP contribution in [0.3, 0.4) is 0 Å². The first-order chi connectivity index (χ1) is 13.7. The Hall–Kier alpha value is -3.43. The fourth-order valence-corrected chi connectivity index (χ4v) is 2.72. The zero-order valence-electron chi connectivity index (χ0n) is 15.9. The molecule has 29 heavy (non-hydrogen) atoms. The molecule has 0 spiro atoms. The van der Waals surface area contributed by atoms with Crippen LogP contribution in [0.5, 0.6) is 5.88 Å². The quantitative estimate of drug-likeness (QED) is 0.692. The molecule has 3 heterocycles. The number of amides is 1. The number of alkyl halides is 3. The second-order valence-corrected chi connectivity index (χ2v) is 6.46. The van der Waals surface area contributed by atoms with E-state index in [0.29, 0.717) is 17.3 Å². The summed E-state index contributed by atoms with van der Waals surface area (Å²) in [5.74, 6) is 0.0362. The van der Waals surface area contributed by atoms with Crippen LogP contribution in [0, 0.1) is 0 Å². The number of nitrogens with zero attached hydrogens (tertiary/aromatic N) is 4. The highest BCUT2D eigenvalue weighted by molar-refractivity contribution is 6.05. The molecule has 0 fully saturated rings. The van der Waals surface area contributed by atoms with Crippen molar-refractivity contribution in [2.45, 2.75) is 25.9 Å². The SMILES string of the molecule is COc1ccc(NC(=O)c2cnn(-c3ccc(C(F)(F)F)cn3)c2C(C)C)cn1. The second-order valence-electron chi connectivity index (χ2n) is 6.46. The standard InChI is InChI=1S/C19H18F3N5O2/c1-11(2)17-14(18(28)26-13-5-7-16(29-3)24-9-13)10-25-27(17)15-6-4-12(8-23-15)19(20,21)22/h4-11H,1-3H3,(H,26,28). The number of hydrogen-bond acceptors (Lipinski definition) is 5. The van der Waals surface area contributed by atoms with Crippen LogP contribution in [0.2, 0.25) is 0 Å². The van der Waals surface area contributed by atoms with Gasteiger partial charge in [-0.25, -0.2) is 14.6 Å². The van der Waals surface area contributed by atoms with Crippen LogP contribution in [0.25, 0.3) is 5.82 Å². The zero-order valence-corrected chi connectivity index (χ0v) is 15.9. The Morgan fingerprint density at radius 1 is 1.10 bits per heavy atom. The van der Waals surface area contributed by atoms with Gasteiger partial charge in [0.2, 0.25) is 5.88 Å². The smallest absolute Gasteiger partial charge is 0.417 e. The van der Waals surface area contributed by atoms with E-state index >= 15 is 0 Å². The molecule has 0 aromatic carbocycles. The Morgan fingerprint density at radius 2 is 1.86 bits per heavy atom. The predicted octanol–water partition coefficient (Wildman–Crippen LogP) is 4.07. The van der Waals surface area contributed by atoms with Gasteiger partial charge in [0.1, 0.15) is 0 Å². The zero-order chi connectivity index (χ0) is 21.2. The third-order valence-electron chi connectivity index (χ3n) is 4.09. The molecule has 0 saturated heterocycles. The van der Waals surface area contributed by atoms with Crippen LogP contribution in [0.1, 0.15) is 41.4 Å². The number of nitrogens with one attached hydrogen (secondary N) is 1. The number of carbonyl (C=O) groups excluding carboxylic acids is 1. The molecule has 0 unspecified atom stereocenters. The second kappa shape index (κ2) is 7.90. The van der Waals surface area contributed by atoms with Gasteiger partial charge in [-0.1, -0.05) is 13.8 Å². The number of carbonyl (C=O) groups is 1. The lowest BCUT2D eigenvalue weighted by Crippen LogP contribution is -2.16. The van der Waals surface area contributed by atoms with Crippen molar-refractivity contribution in [1.82, 2.24) is 19.7 Å². The molecule has 0 radical (unpaired) electrons. The Morgan fingerprint density at radius 3 is 2.38 bits per heavy atom. The lowest BCUT2D eigenvalue weighted by molar-refractivity contribution is -0.137. The molecule has 3 rings (SSSR count). The first kappa shape index (κ1) is 20.3. The van der Waals surface area contributed by atoms with Gasteiger partial charge in [0.05, 0.1) is 42.0 Å². The fourth-order valence-electron chi connectivity index (χ4n) is 2.72. The highest BCUT2D eigenvalue weighted by Gasteiger charge is 2.31. The monoisotopic (exact) mass is 405 g/mol. The molecule has 0 saturated carbocycles. The van der Waals surface area contributed by atoms with E-state index in [1.54, 1.807) is 12.1 Å². The van der Waals surface area contributed by atoms with Gasteiger partial charge in [0.25, 0.3) is 5.91 Å². The predicted molar refractivity (Wildman–Crippen MR) is 99.2 cm³/mol. The van der Waals surface area contributed by atoms with Crippen molar-refractivity contribution in [1.29, 1.82) is 0 Å². The molecule has 3 aromatic rings. The van der Waals surface area contributed by atoms with Crippen molar-refractivity contribution < 1.29 is 22.7 Å². The van der Waals surface area contributed by atoms with E-state index in [1.807, 2.05) is 13.8 Å². The molecule has 152 valence electrons. The number of rotatable bonds is 5. The maximum Gasteiger partial charge on any atom is 0.417 e. The Bertz CT molecular complexity index is 996. The van der Waals surface area contributed by atoms with Crippen molar-refractivity contribution in [3.05, 3.63) is 59.7 Å². The third kappa shape index (κ3) is 4.36. The fraction of sp³-hybridized carbons (Fsp3) is 0.263. The van der Waals surface area contributed by atoms with Gasteiger partial charge in [-0.3, -0.25) is 4.79 Å². The van der Waals surface area contributed by atoms with Crippen molar-refractivity contribution >= 4 is 11.6 Å². The maximum absolute atomic E-state index is 12.8. The number of hydrogen-bond donors (Lipinski definition) is 1. The van der Waals surface area contributed by atoms with Crippen LogP contribution in [0.15, 0.2) is 42.9 Å². The van der Waals surface area contributed by atoms with Gasteiger partial charge in [-0.15, -0.1) is 0 Å². The molecule has 0 aliphatic heterocycles. The van der Waals surface area contributed by atoms with Gasteiger partial charge in [0.15, 0.2) is 5.82 Å². The number of pyridine rings is 2. The first-order valence-corrected chi connectivity index (χ1v) is 8.63. The topological polar surface area (TPSA) is 81.9 Å². The van der Waals surface area contributed by atoms with E-state index in [0.717, 1.165) is 12.3 Å². The van der Waals surface area contributed by atoms with E-state index in [2.05, 4.69) is 20.4 Å². The highest BCUT2D eigenvalue weighted by atomic mass is 19.4. The van der Waals surface area contributed by atoms with Gasteiger partial charge in [-0.2, -0.15) is 18.3 Å². The molecule has 7 nitrogen and oxygen atoms in total. The van der Waals surface area contributed by atoms with E-state index < -0.39 is 17.6 Å². The third-order valence-corrected chi connectivity index (χ3v) is 4.09. The highest BCUT2D eigenvalue weighted by Crippen LogP contribution is 2.29. The summed E-state index contributed by atoms with van der Waals surface area (Å²) in [6.07, 6.45) is -0.924. The van der Waals surface area contributed by atoms with Crippen LogP contribution < -0.4 is 10.1 Å². The molecule has 0 aliphatic carbocycles. The summed E-state index contributed by atoms with van der Waals surface area (Å²) >= 11 is 0. The first-order valence-electron chi connectivity index (χ1n) is 8.63. The minimum Gasteiger partial charge on any atom is -0.481 e. The Labute approximate surface area is 164 Å². The Balaban J connectivity index is 1.91. The van der Waals surface area contributed by atoms with Gasteiger partial charge < -0.3 is 10.1 Å². The molecule has 1 N–H and O–H groups in total. The van der Waals surface area contributed by atoms with Crippen molar-refractivity contribution in [3.63, 3.8) is 0 Å².